The van der Waals surface area contributed by atoms with Crippen LogP contribution in [0.3, 0.4) is 0 Å². The van der Waals surface area contributed by atoms with Gasteiger partial charge < -0.3 is 9.67 Å². The van der Waals surface area contributed by atoms with Crippen LogP contribution in [0.25, 0.3) is 0 Å². The van der Waals surface area contributed by atoms with Crippen LogP contribution in [-0.4, -0.2) is 30.1 Å². The van der Waals surface area contributed by atoms with Crippen LogP contribution in [-0.2, 0) is 17.1 Å². The molecule has 0 amide bonds. The van der Waals surface area contributed by atoms with E-state index in [-0.39, 0.29) is 16.6 Å². The van der Waals surface area contributed by atoms with Gasteiger partial charge in [-0.25, -0.2) is 17.9 Å². The van der Waals surface area contributed by atoms with Gasteiger partial charge in [-0.15, -0.1) is 0 Å². The third kappa shape index (κ3) is 3.04. The van der Waals surface area contributed by atoms with E-state index in [2.05, 4.69) is 4.72 Å². The standard InChI is InChI=1S/C13H20N2O4S/c1-9(10-5-3-4-6-10)14-20(18,19)11-7-12(13(16)17)15(2)8-11/h7-10,14H,3-6H2,1-2H3,(H,16,17)/t9-/m1/s1. The van der Waals surface area contributed by atoms with E-state index >= 15 is 0 Å². The fraction of sp³-hybridized carbons (Fsp3) is 0.615. The molecule has 2 rings (SSSR count). The van der Waals surface area contributed by atoms with Crippen molar-refractivity contribution in [2.24, 2.45) is 13.0 Å². The summed E-state index contributed by atoms with van der Waals surface area (Å²) in [5, 5.41) is 8.96. The minimum atomic E-state index is -3.67. The highest BCUT2D eigenvalue weighted by atomic mass is 32.2. The van der Waals surface area contributed by atoms with Crippen LogP contribution in [0.5, 0.6) is 0 Å². The van der Waals surface area contributed by atoms with Gasteiger partial charge in [0.25, 0.3) is 0 Å². The van der Waals surface area contributed by atoms with E-state index in [1.807, 2.05) is 6.92 Å². The Morgan fingerprint density at radius 1 is 1.45 bits per heavy atom. The molecule has 0 spiro atoms. The number of aromatic nitrogens is 1. The summed E-state index contributed by atoms with van der Waals surface area (Å²) in [6.07, 6.45) is 5.70. The Balaban J connectivity index is 2.17. The number of carboxylic acids is 1. The molecule has 1 saturated carbocycles. The summed E-state index contributed by atoms with van der Waals surface area (Å²) in [5.74, 6) is -0.773. The van der Waals surface area contributed by atoms with Gasteiger partial charge in [0, 0.05) is 19.3 Å². The fourth-order valence-corrected chi connectivity index (χ4v) is 4.14. The van der Waals surface area contributed by atoms with Gasteiger partial charge in [-0.05, 0) is 31.7 Å². The Labute approximate surface area is 118 Å². The zero-order valence-corrected chi connectivity index (χ0v) is 12.5. The number of nitrogens with zero attached hydrogens (tertiary/aromatic N) is 1. The van der Waals surface area contributed by atoms with Gasteiger partial charge in [-0.3, -0.25) is 0 Å². The largest absolute Gasteiger partial charge is 0.477 e. The zero-order valence-electron chi connectivity index (χ0n) is 11.7. The molecule has 0 aromatic carbocycles. The van der Waals surface area contributed by atoms with Crippen molar-refractivity contribution in [1.29, 1.82) is 0 Å². The molecule has 7 heteroatoms. The quantitative estimate of drug-likeness (QED) is 0.864. The van der Waals surface area contributed by atoms with Gasteiger partial charge in [0.2, 0.25) is 10.0 Å². The predicted molar refractivity (Wildman–Crippen MR) is 74.1 cm³/mol. The topological polar surface area (TPSA) is 88.4 Å². The number of hydrogen-bond donors (Lipinski definition) is 2. The molecule has 1 atom stereocenters. The molecule has 1 aromatic heterocycles. The highest BCUT2D eigenvalue weighted by molar-refractivity contribution is 7.89. The Morgan fingerprint density at radius 3 is 2.55 bits per heavy atom. The van der Waals surface area contributed by atoms with Crippen molar-refractivity contribution in [2.75, 3.05) is 0 Å². The number of aromatic carboxylic acids is 1. The van der Waals surface area contributed by atoms with E-state index in [9.17, 15) is 13.2 Å². The third-order valence-electron chi connectivity index (χ3n) is 3.96. The van der Waals surface area contributed by atoms with Crippen molar-refractivity contribution in [1.82, 2.24) is 9.29 Å². The Kier molecular flexibility index (Phi) is 4.19. The number of hydrogen-bond acceptors (Lipinski definition) is 3. The van der Waals surface area contributed by atoms with Crippen LogP contribution < -0.4 is 4.72 Å². The van der Waals surface area contributed by atoms with Crippen LogP contribution in [0.15, 0.2) is 17.2 Å². The van der Waals surface area contributed by atoms with E-state index in [1.165, 1.54) is 23.9 Å². The first-order valence-electron chi connectivity index (χ1n) is 6.73. The summed E-state index contributed by atoms with van der Waals surface area (Å²) < 4.78 is 28.5. The zero-order chi connectivity index (χ0) is 14.9. The Bertz CT molecular complexity index is 600. The van der Waals surface area contributed by atoms with Crippen LogP contribution in [0.2, 0.25) is 0 Å². The number of sulfonamides is 1. The maximum Gasteiger partial charge on any atom is 0.352 e. The molecule has 20 heavy (non-hydrogen) atoms. The highest BCUT2D eigenvalue weighted by Gasteiger charge is 2.27. The molecular formula is C13H20N2O4S. The van der Waals surface area contributed by atoms with Crippen molar-refractivity contribution in [3.8, 4) is 0 Å². The average Bonchev–Trinajstić information content (AvgIpc) is 2.96. The molecule has 1 heterocycles. The monoisotopic (exact) mass is 300 g/mol. The molecular weight excluding hydrogens is 280 g/mol. The van der Waals surface area contributed by atoms with Crippen molar-refractivity contribution in [2.45, 2.75) is 43.5 Å². The summed E-state index contributed by atoms with van der Waals surface area (Å²) in [4.78, 5) is 11.0. The number of nitrogens with one attached hydrogen (secondary N) is 1. The Morgan fingerprint density at radius 2 is 2.05 bits per heavy atom. The second kappa shape index (κ2) is 5.57. The van der Waals surface area contributed by atoms with Gasteiger partial charge in [0.1, 0.15) is 10.6 Å². The second-order valence-corrected chi connectivity index (χ2v) is 7.15. The van der Waals surface area contributed by atoms with Gasteiger partial charge in [0.15, 0.2) is 0 Å². The average molecular weight is 300 g/mol. The molecule has 6 nitrogen and oxygen atoms in total. The summed E-state index contributed by atoms with van der Waals surface area (Å²) in [6.45, 7) is 1.87. The van der Waals surface area contributed by atoms with Crippen LogP contribution in [0.4, 0.5) is 0 Å². The molecule has 1 fully saturated rings. The summed E-state index contributed by atoms with van der Waals surface area (Å²) in [7, 11) is -2.15. The predicted octanol–water partition coefficient (Wildman–Crippen LogP) is 1.58. The van der Waals surface area contributed by atoms with Crippen molar-refractivity contribution in [3.05, 3.63) is 18.0 Å². The van der Waals surface area contributed by atoms with E-state index in [0.717, 1.165) is 25.7 Å². The van der Waals surface area contributed by atoms with Gasteiger partial charge in [-0.1, -0.05) is 12.8 Å². The van der Waals surface area contributed by atoms with E-state index < -0.39 is 16.0 Å². The SMILES string of the molecule is C[C@@H](NS(=O)(=O)c1cc(C(=O)O)n(C)c1)C1CCCC1. The smallest absolute Gasteiger partial charge is 0.352 e. The number of aryl methyl sites for hydroxylation is 1. The number of rotatable bonds is 5. The molecule has 2 N–H and O–H groups in total. The number of carboxylic acid groups (broad SMARTS) is 1. The van der Waals surface area contributed by atoms with Gasteiger partial charge >= 0.3 is 5.97 Å². The minimum Gasteiger partial charge on any atom is -0.477 e. The summed E-state index contributed by atoms with van der Waals surface area (Å²) in [5.41, 5.74) is -0.0427. The lowest BCUT2D eigenvalue weighted by atomic mass is 10.0. The molecule has 1 aromatic rings. The van der Waals surface area contributed by atoms with Crippen LogP contribution in [0.1, 0.15) is 43.1 Å². The van der Waals surface area contributed by atoms with Gasteiger partial charge in [-0.2, -0.15) is 0 Å². The van der Waals surface area contributed by atoms with Crippen LogP contribution in [0, 0.1) is 5.92 Å². The first-order chi connectivity index (χ1) is 9.31. The van der Waals surface area contributed by atoms with Crippen LogP contribution >= 0.6 is 0 Å². The lowest BCUT2D eigenvalue weighted by molar-refractivity contribution is 0.0686. The first kappa shape index (κ1) is 15.1. The lowest BCUT2D eigenvalue weighted by Gasteiger charge is -2.19. The molecule has 1 aliphatic rings. The molecule has 1 aliphatic carbocycles. The van der Waals surface area contributed by atoms with Crippen molar-refractivity contribution < 1.29 is 18.3 Å². The molecule has 112 valence electrons. The molecule has 0 bridgehead atoms. The maximum atomic E-state index is 12.3. The Hall–Kier alpha value is -1.34. The summed E-state index contributed by atoms with van der Waals surface area (Å²) >= 11 is 0. The molecule has 0 radical (unpaired) electrons. The normalized spacial score (nSPS) is 18.3. The van der Waals surface area contributed by atoms with Gasteiger partial charge in [0.05, 0.1) is 0 Å². The second-order valence-electron chi connectivity index (χ2n) is 5.43. The lowest BCUT2D eigenvalue weighted by Crippen LogP contribution is -2.37. The molecule has 0 saturated heterocycles. The van der Waals surface area contributed by atoms with E-state index in [0.29, 0.717) is 5.92 Å². The van der Waals surface area contributed by atoms with E-state index in [4.69, 9.17) is 5.11 Å². The fourth-order valence-electron chi connectivity index (χ4n) is 2.76. The minimum absolute atomic E-state index is 0.00208. The number of carbonyl (C=O) groups is 1. The highest BCUT2D eigenvalue weighted by Crippen LogP contribution is 2.28. The molecule has 0 unspecified atom stereocenters. The van der Waals surface area contributed by atoms with E-state index in [1.54, 1.807) is 0 Å². The first-order valence-corrected chi connectivity index (χ1v) is 8.21. The summed E-state index contributed by atoms with van der Waals surface area (Å²) in [6, 6.07) is 1.06. The maximum absolute atomic E-state index is 12.3. The van der Waals surface area contributed by atoms with Crippen molar-refractivity contribution in [3.63, 3.8) is 0 Å². The van der Waals surface area contributed by atoms with Crippen molar-refractivity contribution >= 4 is 16.0 Å². The molecule has 0 aliphatic heterocycles. The third-order valence-corrected chi connectivity index (χ3v) is 5.48.